The summed E-state index contributed by atoms with van der Waals surface area (Å²) >= 11 is 0. The van der Waals surface area contributed by atoms with Gasteiger partial charge in [0.05, 0.1) is 18.8 Å². The highest BCUT2D eigenvalue weighted by molar-refractivity contribution is 5.33. The SMILES string of the molecule is Cc1cnc(N2C[C@@H]3OCCN(CCN4CCCC4)[C@@H]3C2)nc1. The fourth-order valence-corrected chi connectivity index (χ4v) is 4.02. The Labute approximate surface area is 138 Å². The van der Waals surface area contributed by atoms with Crippen LogP contribution in [0, 0.1) is 6.92 Å². The summed E-state index contributed by atoms with van der Waals surface area (Å²) in [6.45, 7) is 10.7. The maximum Gasteiger partial charge on any atom is 0.225 e. The molecular weight excluding hydrogens is 290 g/mol. The van der Waals surface area contributed by atoms with Gasteiger partial charge in [0, 0.05) is 45.1 Å². The lowest BCUT2D eigenvalue weighted by molar-refractivity contribution is -0.0483. The Balaban J connectivity index is 1.38. The molecule has 3 saturated heterocycles. The van der Waals surface area contributed by atoms with Crippen molar-refractivity contribution in [3.63, 3.8) is 0 Å². The molecule has 6 heteroatoms. The molecule has 0 N–H and O–H groups in total. The van der Waals surface area contributed by atoms with Crippen LogP contribution in [-0.2, 0) is 4.74 Å². The fraction of sp³-hybridized carbons (Fsp3) is 0.765. The van der Waals surface area contributed by atoms with E-state index in [1.165, 1.54) is 32.5 Å². The molecule has 3 aliphatic heterocycles. The van der Waals surface area contributed by atoms with Crippen molar-refractivity contribution < 1.29 is 4.74 Å². The summed E-state index contributed by atoms with van der Waals surface area (Å²) in [7, 11) is 0. The molecule has 1 aromatic heterocycles. The minimum atomic E-state index is 0.298. The quantitative estimate of drug-likeness (QED) is 0.817. The van der Waals surface area contributed by atoms with Crippen molar-refractivity contribution in [3.05, 3.63) is 18.0 Å². The number of nitrogens with zero attached hydrogens (tertiary/aromatic N) is 5. The van der Waals surface area contributed by atoms with Crippen LogP contribution in [0.4, 0.5) is 5.95 Å². The highest BCUT2D eigenvalue weighted by atomic mass is 16.5. The van der Waals surface area contributed by atoms with E-state index in [2.05, 4.69) is 24.7 Å². The van der Waals surface area contributed by atoms with Crippen LogP contribution < -0.4 is 4.90 Å². The predicted molar refractivity (Wildman–Crippen MR) is 89.8 cm³/mol. The summed E-state index contributed by atoms with van der Waals surface area (Å²) in [4.78, 5) is 16.5. The molecule has 4 rings (SSSR count). The number of anilines is 1. The van der Waals surface area contributed by atoms with Gasteiger partial charge in [0.2, 0.25) is 5.95 Å². The summed E-state index contributed by atoms with van der Waals surface area (Å²) in [5.74, 6) is 0.841. The molecule has 0 aromatic carbocycles. The molecule has 1 aromatic rings. The lowest BCUT2D eigenvalue weighted by atomic mass is 10.1. The average Bonchev–Trinajstić information content (AvgIpc) is 3.23. The van der Waals surface area contributed by atoms with E-state index in [1.807, 2.05) is 19.3 Å². The first-order valence-corrected chi connectivity index (χ1v) is 8.91. The van der Waals surface area contributed by atoms with Crippen molar-refractivity contribution in [2.24, 2.45) is 0 Å². The Morgan fingerprint density at radius 3 is 2.65 bits per heavy atom. The van der Waals surface area contributed by atoms with E-state index in [9.17, 15) is 0 Å². The van der Waals surface area contributed by atoms with Gasteiger partial charge in [0.25, 0.3) is 0 Å². The number of ether oxygens (including phenoxy) is 1. The second kappa shape index (κ2) is 6.71. The molecular formula is C17H27N5O. The standard InChI is InChI=1S/C17H27N5O/c1-14-10-18-17(19-11-14)22-12-15-16(13-22)23-9-8-21(15)7-6-20-4-2-3-5-20/h10-11,15-16H,2-9,12-13H2,1H3/t15-,16+/m1/s1. The van der Waals surface area contributed by atoms with Gasteiger partial charge in [-0.3, -0.25) is 4.90 Å². The zero-order valence-electron chi connectivity index (χ0n) is 14.0. The van der Waals surface area contributed by atoms with Crippen LogP contribution in [-0.4, -0.2) is 84.3 Å². The van der Waals surface area contributed by atoms with Gasteiger partial charge in [-0.2, -0.15) is 0 Å². The molecule has 0 saturated carbocycles. The second-order valence-corrected chi connectivity index (χ2v) is 7.03. The first-order valence-electron chi connectivity index (χ1n) is 8.91. The average molecular weight is 317 g/mol. The van der Waals surface area contributed by atoms with Gasteiger partial charge in [0.15, 0.2) is 0 Å². The third-order valence-corrected chi connectivity index (χ3v) is 5.37. The Bertz CT molecular complexity index is 516. The Morgan fingerprint density at radius 1 is 1.09 bits per heavy atom. The molecule has 3 aliphatic rings. The zero-order chi connectivity index (χ0) is 15.6. The first kappa shape index (κ1) is 15.3. The number of morpholine rings is 1. The van der Waals surface area contributed by atoms with Crippen molar-refractivity contribution in [1.82, 2.24) is 19.8 Å². The molecule has 3 fully saturated rings. The minimum Gasteiger partial charge on any atom is -0.373 e. The van der Waals surface area contributed by atoms with Crippen molar-refractivity contribution in [3.8, 4) is 0 Å². The van der Waals surface area contributed by atoms with Gasteiger partial charge in [-0.1, -0.05) is 0 Å². The lowest BCUT2D eigenvalue weighted by Crippen LogP contribution is -2.52. The molecule has 4 heterocycles. The van der Waals surface area contributed by atoms with E-state index in [1.54, 1.807) is 0 Å². The fourth-order valence-electron chi connectivity index (χ4n) is 4.02. The molecule has 0 spiro atoms. The summed E-state index contributed by atoms with van der Waals surface area (Å²) in [5.41, 5.74) is 1.11. The van der Waals surface area contributed by atoms with Crippen LogP contribution in [0.25, 0.3) is 0 Å². The lowest BCUT2D eigenvalue weighted by Gasteiger charge is -2.37. The molecule has 2 atom stereocenters. The maximum atomic E-state index is 6.03. The van der Waals surface area contributed by atoms with E-state index in [0.29, 0.717) is 12.1 Å². The van der Waals surface area contributed by atoms with E-state index < -0.39 is 0 Å². The number of hydrogen-bond acceptors (Lipinski definition) is 6. The largest absolute Gasteiger partial charge is 0.373 e. The van der Waals surface area contributed by atoms with E-state index in [0.717, 1.165) is 44.3 Å². The highest BCUT2D eigenvalue weighted by Crippen LogP contribution is 2.25. The van der Waals surface area contributed by atoms with E-state index in [4.69, 9.17) is 4.74 Å². The maximum absolute atomic E-state index is 6.03. The van der Waals surface area contributed by atoms with Gasteiger partial charge in [-0.25, -0.2) is 9.97 Å². The molecule has 126 valence electrons. The topological polar surface area (TPSA) is 44.7 Å². The van der Waals surface area contributed by atoms with Crippen LogP contribution in [0.2, 0.25) is 0 Å². The molecule has 6 nitrogen and oxygen atoms in total. The Hall–Kier alpha value is -1.24. The molecule has 0 unspecified atom stereocenters. The van der Waals surface area contributed by atoms with E-state index >= 15 is 0 Å². The van der Waals surface area contributed by atoms with Gasteiger partial charge in [0.1, 0.15) is 0 Å². The summed E-state index contributed by atoms with van der Waals surface area (Å²) in [5, 5.41) is 0. The van der Waals surface area contributed by atoms with Gasteiger partial charge in [-0.05, 0) is 38.4 Å². The number of likely N-dealkylation sites (tertiary alicyclic amines) is 1. The summed E-state index contributed by atoms with van der Waals surface area (Å²) in [6, 6.07) is 0.483. The molecule has 0 radical (unpaired) electrons. The third kappa shape index (κ3) is 3.34. The molecule has 0 amide bonds. The number of hydrogen-bond donors (Lipinski definition) is 0. The Kier molecular flexibility index (Phi) is 4.46. The van der Waals surface area contributed by atoms with Crippen molar-refractivity contribution in [1.29, 1.82) is 0 Å². The number of aryl methyl sites for hydroxylation is 1. The number of aromatic nitrogens is 2. The van der Waals surface area contributed by atoms with Crippen molar-refractivity contribution in [2.75, 3.05) is 57.3 Å². The van der Waals surface area contributed by atoms with E-state index in [-0.39, 0.29) is 0 Å². The van der Waals surface area contributed by atoms with Crippen LogP contribution in [0.3, 0.4) is 0 Å². The number of fused-ring (bicyclic) bond motifs is 1. The van der Waals surface area contributed by atoms with Crippen LogP contribution in [0.5, 0.6) is 0 Å². The van der Waals surface area contributed by atoms with Gasteiger partial charge >= 0.3 is 0 Å². The smallest absolute Gasteiger partial charge is 0.225 e. The third-order valence-electron chi connectivity index (χ3n) is 5.37. The zero-order valence-corrected chi connectivity index (χ0v) is 14.0. The molecule has 0 bridgehead atoms. The summed E-state index contributed by atoms with van der Waals surface area (Å²) in [6.07, 6.45) is 6.83. The second-order valence-electron chi connectivity index (χ2n) is 7.03. The van der Waals surface area contributed by atoms with Gasteiger partial charge in [-0.15, -0.1) is 0 Å². The minimum absolute atomic E-state index is 0.298. The molecule has 23 heavy (non-hydrogen) atoms. The number of rotatable bonds is 4. The normalized spacial score (nSPS) is 29.2. The Morgan fingerprint density at radius 2 is 1.87 bits per heavy atom. The predicted octanol–water partition coefficient (Wildman–Crippen LogP) is 0.770. The summed E-state index contributed by atoms with van der Waals surface area (Å²) < 4.78 is 6.03. The van der Waals surface area contributed by atoms with Crippen molar-refractivity contribution in [2.45, 2.75) is 31.9 Å². The molecule has 0 aliphatic carbocycles. The first-order chi connectivity index (χ1) is 11.3. The monoisotopic (exact) mass is 317 g/mol. The van der Waals surface area contributed by atoms with Crippen LogP contribution in [0.1, 0.15) is 18.4 Å². The van der Waals surface area contributed by atoms with Gasteiger partial charge < -0.3 is 14.5 Å². The highest BCUT2D eigenvalue weighted by Gasteiger charge is 2.40. The van der Waals surface area contributed by atoms with Crippen LogP contribution in [0.15, 0.2) is 12.4 Å². The van der Waals surface area contributed by atoms with Crippen LogP contribution >= 0.6 is 0 Å². The van der Waals surface area contributed by atoms with Crippen molar-refractivity contribution >= 4 is 5.95 Å².